The van der Waals surface area contributed by atoms with Gasteiger partial charge in [0.15, 0.2) is 5.69 Å². The van der Waals surface area contributed by atoms with E-state index in [-0.39, 0.29) is 23.9 Å². The lowest BCUT2D eigenvalue weighted by molar-refractivity contribution is 0.0945. The highest BCUT2D eigenvalue weighted by molar-refractivity contribution is 6.31. The molecule has 0 aliphatic carbocycles. The summed E-state index contributed by atoms with van der Waals surface area (Å²) >= 11 is 6.35. The maximum Gasteiger partial charge on any atom is 0.273 e. The van der Waals surface area contributed by atoms with Crippen molar-refractivity contribution in [3.8, 4) is 0 Å². The van der Waals surface area contributed by atoms with Crippen molar-refractivity contribution in [3.05, 3.63) is 124 Å². The van der Waals surface area contributed by atoms with Crippen molar-refractivity contribution in [1.29, 1.82) is 0 Å². The summed E-state index contributed by atoms with van der Waals surface area (Å²) in [5, 5.41) is 3.38. The van der Waals surface area contributed by atoms with E-state index >= 15 is 0 Å². The number of nitrogens with one attached hydrogen (secondary N) is 1. The molecule has 8 heteroatoms. The molecule has 4 aromatic rings. The number of halogens is 3. The van der Waals surface area contributed by atoms with Crippen LogP contribution in [0.5, 0.6) is 0 Å². The average molecular weight is 482 g/mol. The highest BCUT2D eigenvalue weighted by Gasteiger charge is 2.16. The minimum absolute atomic E-state index is 0.150. The second-order valence-corrected chi connectivity index (χ2v) is 8.21. The van der Waals surface area contributed by atoms with Crippen LogP contribution in [0, 0.1) is 11.6 Å². The number of hydrogen-bond donors (Lipinski definition) is 1. The number of nitrogens with zero attached hydrogens (tertiary/aromatic N) is 2. The van der Waals surface area contributed by atoms with Crippen LogP contribution in [0.15, 0.2) is 83.5 Å². The third-order valence-electron chi connectivity index (χ3n) is 5.18. The van der Waals surface area contributed by atoms with E-state index in [1.54, 1.807) is 24.3 Å². The summed E-state index contributed by atoms with van der Waals surface area (Å²) in [6.45, 7) is 1.56. The van der Waals surface area contributed by atoms with Crippen LogP contribution >= 0.6 is 11.6 Å². The average Bonchev–Trinajstić information content (AvgIpc) is 3.30. The van der Waals surface area contributed by atoms with Crippen LogP contribution in [-0.4, -0.2) is 15.8 Å². The smallest absolute Gasteiger partial charge is 0.273 e. The van der Waals surface area contributed by atoms with Crippen molar-refractivity contribution < 1.29 is 18.0 Å². The van der Waals surface area contributed by atoms with Crippen molar-refractivity contribution in [2.75, 3.05) is 0 Å². The van der Waals surface area contributed by atoms with Crippen molar-refractivity contribution >= 4 is 17.5 Å². The maximum atomic E-state index is 13.3. The Morgan fingerprint density at radius 1 is 0.882 bits per heavy atom. The minimum Gasteiger partial charge on any atom is -0.447 e. The molecule has 1 amide bonds. The molecule has 0 fully saturated rings. The highest BCUT2D eigenvalue weighted by atomic mass is 35.5. The number of oxazole rings is 1. The first-order valence-corrected chi connectivity index (χ1v) is 11.0. The maximum absolute atomic E-state index is 13.3. The molecule has 0 aliphatic heterocycles. The molecular weight excluding hydrogens is 460 g/mol. The second kappa shape index (κ2) is 11.0. The van der Waals surface area contributed by atoms with Gasteiger partial charge in [-0.05, 0) is 47.0 Å². The number of rotatable bonds is 9. The Bertz CT molecular complexity index is 1240. The lowest BCUT2D eigenvalue weighted by Gasteiger charge is -2.21. The van der Waals surface area contributed by atoms with E-state index in [1.807, 2.05) is 29.2 Å². The van der Waals surface area contributed by atoms with Gasteiger partial charge in [-0.2, -0.15) is 0 Å². The molecule has 34 heavy (non-hydrogen) atoms. The van der Waals surface area contributed by atoms with Crippen LogP contribution in [0.2, 0.25) is 5.02 Å². The number of hydrogen-bond acceptors (Lipinski definition) is 4. The number of amides is 1. The van der Waals surface area contributed by atoms with Crippen molar-refractivity contribution in [2.45, 2.75) is 26.2 Å². The normalized spacial score (nSPS) is 11.1. The van der Waals surface area contributed by atoms with Gasteiger partial charge in [-0.15, -0.1) is 0 Å². The predicted octanol–water partition coefficient (Wildman–Crippen LogP) is 5.74. The molecule has 4 rings (SSSR count). The molecule has 0 saturated heterocycles. The molecule has 0 saturated carbocycles. The molecule has 174 valence electrons. The van der Waals surface area contributed by atoms with Gasteiger partial charge in [-0.3, -0.25) is 9.69 Å². The number of carbonyl (C=O) groups excluding carboxylic acids is 1. The lowest BCUT2D eigenvalue weighted by atomic mass is 10.1. The Morgan fingerprint density at radius 3 is 2.21 bits per heavy atom. The number of carbonyl (C=O) groups is 1. The van der Waals surface area contributed by atoms with Gasteiger partial charge in [0.05, 0.1) is 6.54 Å². The minimum atomic E-state index is -0.393. The first-order chi connectivity index (χ1) is 16.5. The van der Waals surface area contributed by atoms with Gasteiger partial charge in [-0.25, -0.2) is 13.8 Å². The van der Waals surface area contributed by atoms with Crippen LogP contribution in [0.1, 0.15) is 33.1 Å². The van der Waals surface area contributed by atoms with Crippen molar-refractivity contribution in [2.24, 2.45) is 0 Å². The molecule has 0 spiro atoms. The molecule has 0 bridgehead atoms. The van der Waals surface area contributed by atoms with E-state index in [0.717, 1.165) is 16.7 Å². The van der Waals surface area contributed by atoms with E-state index in [1.165, 1.54) is 30.5 Å². The van der Waals surface area contributed by atoms with Crippen molar-refractivity contribution in [1.82, 2.24) is 15.2 Å². The monoisotopic (exact) mass is 481 g/mol. The molecule has 1 aromatic heterocycles. The molecule has 0 aliphatic rings. The Morgan fingerprint density at radius 2 is 1.53 bits per heavy atom. The van der Waals surface area contributed by atoms with Crippen LogP contribution in [0.4, 0.5) is 8.78 Å². The van der Waals surface area contributed by atoms with Crippen LogP contribution in [0.25, 0.3) is 0 Å². The number of aromatic nitrogens is 1. The first-order valence-electron chi connectivity index (χ1n) is 10.6. The zero-order chi connectivity index (χ0) is 23.9. The fourth-order valence-corrected chi connectivity index (χ4v) is 3.63. The highest BCUT2D eigenvalue weighted by Crippen LogP contribution is 2.20. The molecule has 5 nitrogen and oxygen atoms in total. The zero-order valence-corrected chi connectivity index (χ0v) is 18.9. The lowest BCUT2D eigenvalue weighted by Crippen LogP contribution is -2.24. The Labute approximate surface area is 201 Å². The van der Waals surface area contributed by atoms with Crippen LogP contribution < -0.4 is 5.32 Å². The van der Waals surface area contributed by atoms with E-state index < -0.39 is 5.91 Å². The fraction of sp³-hybridized carbons (Fsp3) is 0.154. The third kappa shape index (κ3) is 6.50. The molecule has 3 aromatic carbocycles. The van der Waals surface area contributed by atoms with E-state index in [0.29, 0.717) is 30.5 Å². The first kappa shape index (κ1) is 23.6. The van der Waals surface area contributed by atoms with E-state index in [9.17, 15) is 13.6 Å². The zero-order valence-electron chi connectivity index (χ0n) is 18.2. The summed E-state index contributed by atoms with van der Waals surface area (Å²) in [7, 11) is 0. The SMILES string of the molecule is O=C(NCc1ccc(F)cc1)c1coc(CN(Cc2ccc(F)cc2)Cc2ccccc2Cl)n1. The molecular formula is C26H22ClF2N3O2. The second-order valence-electron chi connectivity index (χ2n) is 7.80. The summed E-state index contributed by atoms with van der Waals surface area (Å²) in [5.41, 5.74) is 2.76. The van der Waals surface area contributed by atoms with Gasteiger partial charge in [0, 0.05) is 24.7 Å². The summed E-state index contributed by atoms with van der Waals surface area (Å²) < 4.78 is 31.9. The Balaban J connectivity index is 1.44. The van der Waals surface area contributed by atoms with Gasteiger partial charge >= 0.3 is 0 Å². The topological polar surface area (TPSA) is 58.4 Å². The quantitative estimate of drug-likeness (QED) is 0.331. The molecule has 0 atom stereocenters. The van der Waals surface area contributed by atoms with Gasteiger partial charge in [0.25, 0.3) is 5.91 Å². The third-order valence-corrected chi connectivity index (χ3v) is 5.55. The summed E-state index contributed by atoms with van der Waals surface area (Å²) in [6, 6.07) is 19.7. The predicted molar refractivity (Wildman–Crippen MR) is 125 cm³/mol. The number of benzene rings is 3. The van der Waals surface area contributed by atoms with Gasteiger partial charge in [0.2, 0.25) is 5.89 Å². The molecule has 1 N–H and O–H groups in total. The van der Waals surface area contributed by atoms with E-state index in [2.05, 4.69) is 10.3 Å². The van der Waals surface area contributed by atoms with E-state index in [4.69, 9.17) is 16.0 Å². The molecule has 0 radical (unpaired) electrons. The van der Waals surface area contributed by atoms with Gasteiger partial charge in [-0.1, -0.05) is 54.1 Å². The summed E-state index contributed by atoms with van der Waals surface area (Å²) in [5.74, 6) is -0.666. The van der Waals surface area contributed by atoms with Crippen molar-refractivity contribution in [3.63, 3.8) is 0 Å². The summed E-state index contributed by atoms with van der Waals surface area (Å²) in [4.78, 5) is 18.8. The summed E-state index contributed by atoms with van der Waals surface area (Å²) in [6.07, 6.45) is 1.31. The standard InChI is InChI=1S/C26H22ClF2N3O2/c27-23-4-2-1-3-20(23)15-32(14-19-7-11-22(29)12-8-19)16-25-31-24(17-34-25)26(33)30-13-18-5-9-21(28)10-6-18/h1-12,17H,13-16H2,(H,30,33). The Hall–Kier alpha value is -3.55. The molecule has 1 heterocycles. The molecule has 0 unspecified atom stereocenters. The van der Waals surface area contributed by atoms with Gasteiger partial charge in [0.1, 0.15) is 17.9 Å². The van der Waals surface area contributed by atoms with Gasteiger partial charge < -0.3 is 9.73 Å². The Kier molecular flexibility index (Phi) is 7.67. The van der Waals surface area contributed by atoms with Crippen LogP contribution in [0.3, 0.4) is 0 Å². The largest absolute Gasteiger partial charge is 0.447 e. The van der Waals surface area contributed by atoms with Crippen LogP contribution in [-0.2, 0) is 26.2 Å². The fourth-order valence-electron chi connectivity index (χ4n) is 3.44.